The number of likely N-dealkylation sites (tertiary alicyclic amines) is 1. The Kier molecular flexibility index (Phi) is 5.05. The van der Waals surface area contributed by atoms with E-state index in [4.69, 9.17) is 10.3 Å². The third-order valence-corrected chi connectivity index (χ3v) is 4.29. The van der Waals surface area contributed by atoms with Crippen LogP contribution in [0.2, 0.25) is 0 Å². The van der Waals surface area contributed by atoms with Gasteiger partial charge in [-0.1, -0.05) is 19.3 Å². The van der Waals surface area contributed by atoms with E-state index in [0.29, 0.717) is 12.3 Å². The van der Waals surface area contributed by atoms with Gasteiger partial charge in [-0.3, -0.25) is 9.69 Å². The lowest BCUT2D eigenvalue weighted by atomic mass is 9.89. The molecule has 0 bridgehead atoms. The van der Waals surface area contributed by atoms with Crippen molar-refractivity contribution in [3.05, 3.63) is 0 Å². The molecule has 2 rings (SSSR count). The number of hydrogen-bond acceptors (Lipinski definition) is 5. The van der Waals surface area contributed by atoms with Crippen LogP contribution in [0.4, 0.5) is 0 Å². The molecule has 1 aliphatic heterocycles. The molecule has 106 valence electrons. The Labute approximate surface area is 113 Å². The fourth-order valence-electron chi connectivity index (χ4n) is 3.33. The SMILES string of the molecule is COC(=O)[C@@H]1C[C@@H](N=[N+]=N)CN1CC1CCCCC1. The lowest BCUT2D eigenvalue weighted by Crippen LogP contribution is -2.40. The number of ether oxygens (including phenoxy) is 1. The average Bonchev–Trinajstić information content (AvgIpc) is 2.82. The zero-order valence-electron chi connectivity index (χ0n) is 11.5. The first-order chi connectivity index (χ1) is 9.24. The van der Waals surface area contributed by atoms with Crippen molar-refractivity contribution >= 4 is 5.97 Å². The average molecular weight is 267 g/mol. The van der Waals surface area contributed by atoms with Gasteiger partial charge in [0.05, 0.1) is 7.11 Å². The van der Waals surface area contributed by atoms with Crippen molar-refractivity contribution in [1.82, 2.24) is 9.81 Å². The molecule has 6 nitrogen and oxygen atoms in total. The minimum Gasteiger partial charge on any atom is -0.468 e. The van der Waals surface area contributed by atoms with E-state index in [9.17, 15) is 4.79 Å². The molecule has 0 aromatic carbocycles. The summed E-state index contributed by atoms with van der Waals surface area (Å²) in [6.07, 6.45) is 7.09. The fourth-order valence-corrected chi connectivity index (χ4v) is 3.33. The van der Waals surface area contributed by atoms with Gasteiger partial charge in [0.1, 0.15) is 22.7 Å². The van der Waals surface area contributed by atoms with Crippen molar-refractivity contribution in [2.24, 2.45) is 11.0 Å². The minimum atomic E-state index is -0.206. The number of carbonyl (C=O) groups is 1. The van der Waals surface area contributed by atoms with Crippen LogP contribution in [0.5, 0.6) is 0 Å². The molecule has 2 fully saturated rings. The van der Waals surface area contributed by atoms with Gasteiger partial charge in [0.15, 0.2) is 0 Å². The summed E-state index contributed by atoms with van der Waals surface area (Å²) in [5, 5.41) is 3.88. The molecule has 2 atom stereocenters. The van der Waals surface area contributed by atoms with Crippen LogP contribution in [-0.2, 0) is 9.53 Å². The highest BCUT2D eigenvalue weighted by molar-refractivity contribution is 5.76. The predicted octanol–water partition coefficient (Wildman–Crippen LogP) is 1.73. The van der Waals surface area contributed by atoms with Gasteiger partial charge in [0, 0.05) is 19.5 Å². The molecule has 1 N–H and O–H groups in total. The maximum Gasteiger partial charge on any atom is 0.323 e. The topological polar surface area (TPSA) is 79.8 Å². The summed E-state index contributed by atoms with van der Waals surface area (Å²) in [7, 11) is 1.43. The smallest absolute Gasteiger partial charge is 0.323 e. The lowest BCUT2D eigenvalue weighted by Gasteiger charge is -2.29. The number of rotatable bonds is 4. The van der Waals surface area contributed by atoms with Crippen molar-refractivity contribution < 1.29 is 9.53 Å². The third kappa shape index (κ3) is 3.61. The largest absolute Gasteiger partial charge is 0.468 e. The second-order valence-corrected chi connectivity index (χ2v) is 5.60. The van der Waals surface area contributed by atoms with Crippen LogP contribution in [0.3, 0.4) is 0 Å². The van der Waals surface area contributed by atoms with E-state index in [-0.39, 0.29) is 18.1 Å². The van der Waals surface area contributed by atoms with Crippen molar-refractivity contribution in [3.63, 3.8) is 0 Å². The fraction of sp³-hybridized carbons (Fsp3) is 0.923. The monoisotopic (exact) mass is 267 g/mol. The summed E-state index contributed by atoms with van der Waals surface area (Å²) in [6, 6.07) is -0.243. The van der Waals surface area contributed by atoms with Crippen LogP contribution in [0.15, 0.2) is 5.11 Å². The van der Waals surface area contributed by atoms with Gasteiger partial charge in [-0.05, 0) is 18.8 Å². The van der Waals surface area contributed by atoms with Gasteiger partial charge in [-0.15, -0.1) is 0 Å². The highest BCUT2D eigenvalue weighted by Crippen LogP contribution is 2.28. The first-order valence-corrected chi connectivity index (χ1v) is 7.13. The second-order valence-electron chi connectivity index (χ2n) is 5.60. The van der Waals surface area contributed by atoms with Gasteiger partial charge in [-0.25, -0.2) is 0 Å². The summed E-state index contributed by atoms with van der Waals surface area (Å²) in [6.45, 7) is 1.67. The number of esters is 1. The Balaban J connectivity index is 1.97. The number of carbonyl (C=O) groups excluding carboxylic acids is 1. The summed E-state index contributed by atoms with van der Waals surface area (Å²) in [4.78, 5) is 17.1. The van der Waals surface area contributed by atoms with Gasteiger partial charge in [-0.2, -0.15) is 0 Å². The molecule has 0 aromatic rings. The quantitative estimate of drug-likeness (QED) is 0.478. The molecule has 0 aromatic heterocycles. The Hall–Kier alpha value is -1.26. The van der Waals surface area contributed by atoms with Crippen LogP contribution in [-0.4, -0.2) is 43.2 Å². The van der Waals surface area contributed by atoms with Gasteiger partial charge in [0.25, 0.3) is 0 Å². The highest BCUT2D eigenvalue weighted by atomic mass is 16.5. The zero-order valence-corrected chi connectivity index (χ0v) is 11.5. The summed E-state index contributed by atoms with van der Waals surface area (Å²) < 4.78 is 4.88. The van der Waals surface area contributed by atoms with E-state index in [1.807, 2.05) is 0 Å². The molecular weight excluding hydrogens is 244 g/mol. The van der Waals surface area contributed by atoms with Crippen molar-refractivity contribution in [1.29, 1.82) is 5.53 Å². The van der Waals surface area contributed by atoms with Gasteiger partial charge >= 0.3 is 5.97 Å². The molecule has 1 heterocycles. The van der Waals surface area contributed by atoms with Gasteiger partial charge < -0.3 is 4.74 Å². The second kappa shape index (κ2) is 6.78. The third-order valence-electron chi connectivity index (χ3n) is 4.29. The minimum absolute atomic E-state index is 0.0369. The molecule has 1 saturated heterocycles. The molecule has 0 amide bonds. The molecule has 0 unspecified atom stereocenters. The maximum atomic E-state index is 11.8. The van der Waals surface area contributed by atoms with Crippen molar-refractivity contribution in [2.75, 3.05) is 20.2 Å². The number of nitrogens with one attached hydrogen (secondary N) is 1. The number of hydrogen-bond donors (Lipinski definition) is 1. The van der Waals surface area contributed by atoms with Crippen LogP contribution in [0, 0.1) is 11.4 Å². The van der Waals surface area contributed by atoms with E-state index in [1.54, 1.807) is 0 Å². The molecule has 6 heteroatoms. The van der Waals surface area contributed by atoms with Gasteiger partial charge in [0.2, 0.25) is 4.91 Å². The molecule has 2 aliphatic rings. The lowest BCUT2D eigenvalue weighted by molar-refractivity contribution is -0.146. The summed E-state index contributed by atoms with van der Waals surface area (Å²) in [5.74, 6) is 0.506. The molecule has 0 spiro atoms. The van der Waals surface area contributed by atoms with E-state index in [0.717, 1.165) is 13.1 Å². The molecule has 1 saturated carbocycles. The molecule has 19 heavy (non-hydrogen) atoms. The Morgan fingerprint density at radius 1 is 1.42 bits per heavy atom. The number of methoxy groups -OCH3 is 1. The summed E-state index contributed by atoms with van der Waals surface area (Å²) in [5.41, 5.74) is 6.83. The normalized spacial score (nSPS) is 28.9. The van der Waals surface area contributed by atoms with E-state index in [2.05, 4.69) is 14.9 Å². The van der Waals surface area contributed by atoms with E-state index < -0.39 is 0 Å². The van der Waals surface area contributed by atoms with Crippen molar-refractivity contribution in [3.8, 4) is 0 Å². The van der Waals surface area contributed by atoms with Crippen LogP contribution >= 0.6 is 0 Å². The predicted molar refractivity (Wildman–Crippen MR) is 69.6 cm³/mol. The Morgan fingerprint density at radius 3 is 2.79 bits per heavy atom. The van der Waals surface area contributed by atoms with E-state index >= 15 is 0 Å². The molecule has 0 radical (unpaired) electrons. The highest BCUT2D eigenvalue weighted by Gasteiger charge is 2.40. The molecule has 1 aliphatic carbocycles. The van der Waals surface area contributed by atoms with Crippen molar-refractivity contribution in [2.45, 2.75) is 50.6 Å². The van der Waals surface area contributed by atoms with Crippen LogP contribution in [0.25, 0.3) is 0 Å². The summed E-state index contributed by atoms with van der Waals surface area (Å²) >= 11 is 0. The standard InChI is InChI=1S/C13H23N4O2/c1-19-13(18)12-7-11(15-16-14)9-17(12)8-10-5-3-2-4-6-10/h10-12,14H,2-9H2,1H3/q+1/t11-,12+/m1/s1. The molecular formula is C13H23N4O2+. The van der Waals surface area contributed by atoms with E-state index in [1.165, 1.54) is 39.2 Å². The first-order valence-electron chi connectivity index (χ1n) is 7.13. The maximum absolute atomic E-state index is 11.8. The Morgan fingerprint density at radius 2 is 2.16 bits per heavy atom. The zero-order chi connectivity index (χ0) is 13.7. The first kappa shape index (κ1) is 14.2. The van der Waals surface area contributed by atoms with Crippen LogP contribution in [0.1, 0.15) is 38.5 Å². The number of nitrogens with zero attached hydrogens (tertiary/aromatic N) is 3. The Bertz CT molecular complexity index is 362. The van der Waals surface area contributed by atoms with Crippen LogP contribution < -0.4 is 4.91 Å².